The fourth-order valence-electron chi connectivity index (χ4n) is 2.66. The molecule has 1 fully saturated rings. The SMILES string of the molecule is CCOC(=O)c1cnc2cc(Cl)c(F)cc2c1N1CCOCC1. The molecule has 1 aliphatic heterocycles. The van der Waals surface area contributed by atoms with Crippen LogP contribution in [0.3, 0.4) is 0 Å². The van der Waals surface area contributed by atoms with E-state index < -0.39 is 11.8 Å². The molecule has 0 atom stereocenters. The molecule has 122 valence electrons. The maximum atomic E-state index is 14.0. The zero-order valence-corrected chi connectivity index (χ0v) is 13.4. The number of nitrogens with zero attached hydrogens (tertiary/aromatic N) is 2. The standard InChI is InChI=1S/C16H16ClFN2O3/c1-2-23-16(21)11-9-19-14-8-12(17)13(18)7-10(14)15(11)20-3-5-22-6-4-20/h7-9H,2-6H2,1H3. The number of aromatic nitrogens is 1. The zero-order valence-electron chi connectivity index (χ0n) is 12.6. The van der Waals surface area contributed by atoms with E-state index in [1.165, 1.54) is 18.3 Å². The lowest BCUT2D eigenvalue weighted by Gasteiger charge is -2.31. The van der Waals surface area contributed by atoms with E-state index >= 15 is 0 Å². The summed E-state index contributed by atoms with van der Waals surface area (Å²) in [4.78, 5) is 18.5. The molecule has 3 rings (SSSR count). The zero-order chi connectivity index (χ0) is 16.4. The van der Waals surface area contributed by atoms with Crippen LogP contribution >= 0.6 is 11.6 Å². The minimum Gasteiger partial charge on any atom is -0.462 e. The summed E-state index contributed by atoms with van der Waals surface area (Å²) in [6.07, 6.45) is 1.46. The Morgan fingerprint density at radius 3 is 2.87 bits per heavy atom. The number of halogens is 2. The van der Waals surface area contributed by atoms with E-state index in [-0.39, 0.29) is 11.6 Å². The van der Waals surface area contributed by atoms with E-state index in [1.54, 1.807) is 6.92 Å². The maximum Gasteiger partial charge on any atom is 0.341 e. The van der Waals surface area contributed by atoms with Gasteiger partial charge in [-0.2, -0.15) is 0 Å². The lowest BCUT2D eigenvalue weighted by molar-refractivity contribution is 0.0526. The highest BCUT2D eigenvalue weighted by atomic mass is 35.5. The smallest absolute Gasteiger partial charge is 0.341 e. The van der Waals surface area contributed by atoms with Crippen LogP contribution in [-0.2, 0) is 9.47 Å². The van der Waals surface area contributed by atoms with Crippen LogP contribution in [0.25, 0.3) is 10.9 Å². The van der Waals surface area contributed by atoms with Gasteiger partial charge in [0, 0.05) is 24.7 Å². The number of ether oxygens (including phenoxy) is 2. The first kappa shape index (κ1) is 16.0. The van der Waals surface area contributed by atoms with Crippen LogP contribution < -0.4 is 4.90 Å². The predicted octanol–water partition coefficient (Wildman–Crippen LogP) is 3.04. The van der Waals surface area contributed by atoms with Crippen molar-refractivity contribution in [3.63, 3.8) is 0 Å². The number of fused-ring (bicyclic) bond motifs is 1. The third kappa shape index (κ3) is 3.09. The highest BCUT2D eigenvalue weighted by Crippen LogP contribution is 2.33. The molecule has 1 aromatic carbocycles. The number of hydrogen-bond acceptors (Lipinski definition) is 5. The van der Waals surface area contributed by atoms with Crippen LogP contribution in [0.15, 0.2) is 18.3 Å². The van der Waals surface area contributed by atoms with Gasteiger partial charge in [-0.1, -0.05) is 11.6 Å². The molecular weight excluding hydrogens is 323 g/mol. The highest BCUT2D eigenvalue weighted by Gasteiger charge is 2.23. The van der Waals surface area contributed by atoms with Crippen LogP contribution in [-0.4, -0.2) is 43.9 Å². The van der Waals surface area contributed by atoms with Crippen molar-refractivity contribution in [2.75, 3.05) is 37.8 Å². The molecule has 2 aromatic rings. The lowest BCUT2D eigenvalue weighted by atomic mass is 10.1. The van der Waals surface area contributed by atoms with E-state index in [0.717, 1.165) is 0 Å². The Kier molecular flexibility index (Phi) is 4.63. The maximum absolute atomic E-state index is 14.0. The number of benzene rings is 1. The number of carbonyl (C=O) groups is 1. The summed E-state index contributed by atoms with van der Waals surface area (Å²) in [6.45, 7) is 4.30. The van der Waals surface area contributed by atoms with Gasteiger partial charge in [-0.15, -0.1) is 0 Å². The van der Waals surface area contributed by atoms with Gasteiger partial charge in [-0.05, 0) is 19.1 Å². The van der Waals surface area contributed by atoms with E-state index in [9.17, 15) is 9.18 Å². The van der Waals surface area contributed by atoms with Gasteiger partial charge in [0.05, 0.1) is 36.0 Å². The fourth-order valence-corrected chi connectivity index (χ4v) is 2.82. The summed E-state index contributed by atoms with van der Waals surface area (Å²) in [5.41, 5.74) is 1.47. The van der Waals surface area contributed by atoms with Gasteiger partial charge < -0.3 is 14.4 Å². The molecule has 0 N–H and O–H groups in total. The number of rotatable bonds is 3. The van der Waals surface area contributed by atoms with Gasteiger partial charge in [0.15, 0.2) is 0 Å². The number of carbonyl (C=O) groups excluding carboxylic acids is 1. The van der Waals surface area contributed by atoms with Crippen molar-refractivity contribution in [1.82, 2.24) is 4.98 Å². The molecule has 0 spiro atoms. The summed E-state index contributed by atoms with van der Waals surface area (Å²) < 4.78 is 24.4. The van der Waals surface area contributed by atoms with E-state index in [2.05, 4.69) is 4.98 Å². The largest absolute Gasteiger partial charge is 0.462 e. The number of pyridine rings is 1. The number of esters is 1. The quantitative estimate of drug-likeness (QED) is 0.805. The van der Waals surface area contributed by atoms with Gasteiger partial charge in [-0.3, -0.25) is 4.98 Å². The van der Waals surface area contributed by atoms with Gasteiger partial charge in [0.1, 0.15) is 11.4 Å². The average Bonchev–Trinajstić information content (AvgIpc) is 2.56. The molecule has 0 aliphatic carbocycles. The average molecular weight is 339 g/mol. The minimum atomic E-state index is -0.545. The molecule has 0 unspecified atom stereocenters. The van der Waals surface area contributed by atoms with Crippen LogP contribution in [0.5, 0.6) is 0 Å². The number of morpholine rings is 1. The van der Waals surface area contributed by atoms with E-state index in [0.29, 0.717) is 48.5 Å². The van der Waals surface area contributed by atoms with Crippen LogP contribution in [0, 0.1) is 5.82 Å². The van der Waals surface area contributed by atoms with Crippen molar-refractivity contribution < 1.29 is 18.7 Å². The van der Waals surface area contributed by atoms with Crippen molar-refractivity contribution in [2.45, 2.75) is 6.92 Å². The monoisotopic (exact) mass is 338 g/mol. The first-order valence-corrected chi connectivity index (χ1v) is 7.77. The summed E-state index contributed by atoms with van der Waals surface area (Å²) in [5.74, 6) is -1.02. The predicted molar refractivity (Wildman–Crippen MR) is 85.7 cm³/mol. The summed E-state index contributed by atoms with van der Waals surface area (Å²) in [6, 6.07) is 2.78. The van der Waals surface area contributed by atoms with Crippen molar-refractivity contribution in [2.24, 2.45) is 0 Å². The fraction of sp³-hybridized carbons (Fsp3) is 0.375. The molecule has 0 bridgehead atoms. The first-order chi connectivity index (χ1) is 11.1. The molecule has 1 aromatic heterocycles. The van der Waals surface area contributed by atoms with Crippen molar-refractivity contribution >= 4 is 34.2 Å². The minimum absolute atomic E-state index is 0.00168. The molecule has 23 heavy (non-hydrogen) atoms. The normalized spacial score (nSPS) is 15.0. The van der Waals surface area contributed by atoms with E-state index in [4.69, 9.17) is 21.1 Å². The van der Waals surface area contributed by atoms with Gasteiger partial charge in [-0.25, -0.2) is 9.18 Å². The Labute approximate surface area is 137 Å². The van der Waals surface area contributed by atoms with E-state index in [1.807, 2.05) is 4.90 Å². The molecular formula is C16H16ClFN2O3. The van der Waals surface area contributed by atoms with Crippen LogP contribution in [0.2, 0.25) is 5.02 Å². The lowest BCUT2D eigenvalue weighted by Crippen LogP contribution is -2.37. The van der Waals surface area contributed by atoms with Crippen LogP contribution in [0.4, 0.5) is 10.1 Å². The second-order valence-electron chi connectivity index (χ2n) is 5.12. The Bertz CT molecular complexity index is 748. The molecule has 5 nitrogen and oxygen atoms in total. The second kappa shape index (κ2) is 6.68. The Morgan fingerprint density at radius 2 is 2.17 bits per heavy atom. The second-order valence-corrected chi connectivity index (χ2v) is 5.53. The van der Waals surface area contributed by atoms with Crippen molar-refractivity contribution in [1.29, 1.82) is 0 Å². The van der Waals surface area contributed by atoms with Gasteiger partial charge in [0.2, 0.25) is 0 Å². The molecule has 7 heteroatoms. The summed E-state index contributed by atoms with van der Waals surface area (Å²) in [7, 11) is 0. The molecule has 2 heterocycles. The number of anilines is 1. The number of hydrogen-bond donors (Lipinski definition) is 0. The first-order valence-electron chi connectivity index (χ1n) is 7.39. The highest BCUT2D eigenvalue weighted by molar-refractivity contribution is 6.31. The molecule has 1 saturated heterocycles. The molecule has 0 amide bonds. The Hall–Kier alpha value is -1.92. The van der Waals surface area contributed by atoms with Crippen molar-refractivity contribution in [3.8, 4) is 0 Å². The Morgan fingerprint density at radius 1 is 1.43 bits per heavy atom. The third-order valence-corrected chi connectivity index (χ3v) is 3.99. The summed E-state index contributed by atoms with van der Waals surface area (Å²) >= 11 is 5.84. The molecule has 0 radical (unpaired) electrons. The molecule has 1 aliphatic rings. The topological polar surface area (TPSA) is 51.7 Å². The third-order valence-electron chi connectivity index (χ3n) is 3.70. The van der Waals surface area contributed by atoms with Gasteiger partial charge in [0.25, 0.3) is 0 Å². The van der Waals surface area contributed by atoms with Crippen LogP contribution in [0.1, 0.15) is 17.3 Å². The summed E-state index contributed by atoms with van der Waals surface area (Å²) in [5, 5.41) is 0.543. The van der Waals surface area contributed by atoms with Gasteiger partial charge >= 0.3 is 5.97 Å². The Balaban J connectivity index is 2.21. The van der Waals surface area contributed by atoms with Crippen molar-refractivity contribution in [3.05, 3.63) is 34.7 Å². The molecule has 0 saturated carbocycles.